The Morgan fingerprint density at radius 3 is 3.08 bits per heavy atom. The van der Waals surface area contributed by atoms with Crippen molar-refractivity contribution in [1.29, 1.82) is 5.26 Å². The van der Waals surface area contributed by atoms with E-state index >= 15 is 0 Å². The summed E-state index contributed by atoms with van der Waals surface area (Å²) < 4.78 is 6.36. The van der Waals surface area contributed by atoms with Crippen molar-refractivity contribution in [2.75, 3.05) is 6.61 Å². The van der Waals surface area contributed by atoms with Crippen molar-refractivity contribution in [3.63, 3.8) is 0 Å². The predicted molar refractivity (Wildman–Crippen MR) is 53.2 cm³/mol. The lowest BCUT2D eigenvalue weighted by molar-refractivity contribution is 0.351. The van der Waals surface area contributed by atoms with Crippen molar-refractivity contribution in [2.45, 2.75) is 0 Å². The fourth-order valence-corrected chi connectivity index (χ4v) is 1.59. The maximum Gasteiger partial charge on any atom is 0.127 e. The zero-order valence-electron chi connectivity index (χ0n) is 6.75. The van der Waals surface area contributed by atoms with Gasteiger partial charge in [-0.25, -0.2) is 0 Å². The van der Waals surface area contributed by atoms with Gasteiger partial charge in [-0.2, -0.15) is 5.26 Å². The molecular formula is C10H6BrNO. The fraction of sp³-hybridized carbons (Fsp3) is 0.100. The minimum absolute atomic E-state index is 0.380. The van der Waals surface area contributed by atoms with Gasteiger partial charge in [0, 0.05) is 10.0 Å². The van der Waals surface area contributed by atoms with E-state index in [1.165, 1.54) is 0 Å². The van der Waals surface area contributed by atoms with Crippen LogP contribution in [0.15, 0.2) is 28.2 Å². The molecule has 0 radical (unpaired) electrons. The van der Waals surface area contributed by atoms with E-state index < -0.39 is 0 Å². The summed E-state index contributed by atoms with van der Waals surface area (Å²) >= 11 is 3.36. The second-order valence-corrected chi connectivity index (χ2v) is 3.67. The molecule has 0 N–H and O–H groups in total. The van der Waals surface area contributed by atoms with Crippen LogP contribution in [0.2, 0.25) is 0 Å². The zero-order valence-corrected chi connectivity index (χ0v) is 8.34. The quantitative estimate of drug-likeness (QED) is 0.693. The number of benzene rings is 1. The van der Waals surface area contributed by atoms with Crippen molar-refractivity contribution in [1.82, 2.24) is 0 Å². The summed E-state index contributed by atoms with van der Waals surface area (Å²) in [6.07, 6.45) is 1.85. The van der Waals surface area contributed by atoms with Gasteiger partial charge in [-0.3, -0.25) is 0 Å². The normalized spacial score (nSPS) is 13.7. The van der Waals surface area contributed by atoms with Gasteiger partial charge in [0.2, 0.25) is 0 Å². The van der Waals surface area contributed by atoms with Crippen LogP contribution < -0.4 is 4.74 Å². The summed E-state index contributed by atoms with van der Waals surface area (Å²) in [5, 5.41) is 8.68. The second-order valence-electron chi connectivity index (χ2n) is 2.75. The maximum absolute atomic E-state index is 8.68. The summed E-state index contributed by atoms with van der Waals surface area (Å²) in [5.74, 6) is 0.835. The number of hydrogen-bond acceptors (Lipinski definition) is 2. The highest BCUT2D eigenvalue weighted by Crippen LogP contribution is 2.28. The highest BCUT2D eigenvalue weighted by Gasteiger charge is 2.10. The van der Waals surface area contributed by atoms with Gasteiger partial charge in [0.15, 0.2) is 0 Å². The highest BCUT2D eigenvalue weighted by atomic mass is 79.9. The molecule has 2 nitrogen and oxygen atoms in total. The van der Waals surface area contributed by atoms with Crippen LogP contribution >= 0.6 is 15.9 Å². The number of rotatable bonds is 0. The van der Waals surface area contributed by atoms with Gasteiger partial charge in [0.1, 0.15) is 12.4 Å². The van der Waals surface area contributed by atoms with Crippen LogP contribution in [0.1, 0.15) is 5.56 Å². The zero-order chi connectivity index (χ0) is 9.26. The van der Waals surface area contributed by atoms with Crippen molar-refractivity contribution >= 4 is 22.0 Å². The first-order valence-electron chi connectivity index (χ1n) is 3.82. The molecule has 1 aliphatic rings. The average Bonchev–Trinajstić information content (AvgIpc) is 2.16. The third kappa shape index (κ3) is 1.58. The largest absolute Gasteiger partial charge is 0.488 e. The molecule has 0 saturated heterocycles. The lowest BCUT2D eigenvalue weighted by Crippen LogP contribution is -2.05. The molecule has 0 aliphatic carbocycles. The molecule has 3 heteroatoms. The fourth-order valence-electron chi connectivity index (χ4n) is 1.21. The standard InChI is InChI=1S/C10H6BrNO/c11-9-1-2-10-8(4-9)3-7(5-12)6-13-10/h1-4H,6H2. The Bertz CT molecular complexity index is 417. The molecule has 1 aromatic carbocycles. The Balaban J connectivity index is 2.51. The number of nitrogens with zero attached hydrogens (tertiary/aromatic N) is 1. The first-order valence-corrected chi connectivity index (χ1v) is 4.62. The average molecular weight is 236 g/mol. The Kier molecular flexibility index (Phi) is 2.07. The van der Waals surface area contributed by atoms with Gasteiger partial charge in [-0.1, -0.05) is 15.9 Å². The Hall–Kier alpha value is -1.27. The van der Waals surface area contributed by atoms with Gasteiger partial charge in [0.25, 0.3) is 0 Å². The molecule has 0 atom stereocenters. The molecule has 1 aromatic rings. The molecular weight excluding hydrogens is 230 g/mol. The van der Waals surface area contributed by atoms with Crippen molar-refractivity contribution in [2.24, 2.45) is 0 Å². The number of hydrogen-bond donors (Lipinski definition) is 0. The predicted octanol–water partition coefficient (Wildman–Crippen LogP) is 2.75. The second kappa shape index (κ2) is 3.23. The summed E-state index contributed by atoms with van der Waals surface area (Å²) in [7, 11) is 0. The molecule has 13 heavy (non-hydrogen) atoms. The van der Waals surface area contributed by atoms with Crippen LogP contribution in [0, 0.1) is 11.3 Å². The first-order chi connectivity index (χ1) is 6.29. The van der Waals surface area contributed by atoms with Crippen molar-refractivity contribution in [3.8, 4) is 11.8 Å². The maximum atomic E-state index is 8.68. The van der Waals surface area contributed by atoms with Gasteiger partial charge in [-0.15, -0.1) is 0 Å². The van der Waals surface area contributed by atoms with E-state index in [-0.39, 0.29) is 0 Å². The van der Waals surface area contributed by atoms with Crippen LogP contribution in [0.5, 0.6) is 5.75 Å². The Morgan fingerprint density at radius 1 is 1.46 bits per heavy atom. The van der Waals surface area contributed by atoms with E-state index in [4.69, 9.17) is 10.00 Å². The first kappa shape index (κ1) is 8.33. The number of fused-ring (bicyclic) bond motifs is 1. The molecule has 0 aromatic heterocycles. The Labute approximate surface area is 84.6 Å². The van der Waals surface area contributed by atoms with E-state index in [1.807, 2.05) is 24.3 Å². The van der Waals surface area contributed by atoms with Crippen LogP contribution in [0.25, 0.3) is 6.08 Å². The molecule has 1 heterocycles. The van der Waals surface area contributed by atoms with E-state index in [1.54, 1.807) is 0 Å². The lowest BCUT2D eigenvalue weighted by Gasteiger charge is -2.14. The topological polar surface area (TPSA) is 33.0 Å². The number of ether oxygens (including phenoxy) is 1. The van der Waals surface area contributed by atoms with Crippen LogP contribution in [0.4, 0.5) is 0 Å². The lowest BCUT2D eigenvalue weighted by atomic mass is 10.1. The third-order valence-corrected chi connectivity index (χ3v) is 2.32. The number of halogens is 1. The van der Waals surface area contributed by atoms with Crippen molar-refractivity contribution < 1.29 is 4.74 Å². The summed E-state index contributed by atoms with van der Waals surface area (Å²) in [5.41, 5.74) is 1.61. The molecule has 0 spiro atoms. The summed E-state index contributed by atoms with van der Waals surface area (Å²) in [6, 6.07) is 7.84. The van der Waals surface area contributed by atoms with Crippen molar-refractivity contribution in [3.05, 3.63) is 33.8 Å². The molecule has 1 aliphatic heterocycles. The van der Waals surface area contributed by atoms with E-state index in [0.29, 0.717) is 12.2 Å². The Morgan fingerprint density at radius 2 is 2.31 bits per heavy atom. The smallest absolute Gasteiger partial charge is 0.127 e. The third-order valence-electron chi connectivity index (χ3n) is 1.83. The van der Waals surface area contributed by atoms with Crippen LogP contribution in [-0.4, -0.2) is 6.61 Å². The highest BCUT2D eigenvalue weighted by molar-refractivity contribution is 9.10. The monoisotopic (exact) mass is 235 g/mol. The molecule has 0 amide bonds. The molecule has 0 saturated carbocycles. The van der Waals surface area contributed by atoms with Crippen LogP contribution in [0.3, 0.4) is 0 Å². The minimum atomic E-state index is 0.380. The molecule has 0 fully saturated rings. The van der Waals surface area contributed by atoms with E-state index in [9.17, 15) is 0 Å². The molecule has 64 valence electrons. The summed E-state index contributed by atoms with van der Waals surface area (Å²) in [6.45, 7) is 0.380. The summed E-state index contributed by atoms with van der Waals surface area (Å²) in [4.78, 5) is 0. The molecule has 0 bridgehead atoms. The van der Waals surface area contributed by atoms with Gasteiger partial charge in [-0.05, 0) is 24.3 Å². The molecule has 0 unspecified atom stereocenters. The van der Waals surface area contributed by atoms with E-state index in [2.05, 4.69) is 22.0 Å². The van der Waals surface area contributed by atoms with Crippen LogP contribution in [-0.2, 0) is 0 Å². The van der Waals surface area contributed by atoms with Gasteiger partial charge >= 0.3 is 0 Å². The molecule has 2 rings (SSSR count). The minimum Gasteiger partial charge on any atom is -0.488 e. The number of nitriles is 1. The van der Waals surface area contributed by atoms with Gasteiger partial charge < -0.3 is 4.74 Å². The van der Waals surface area contributed by atoms with E-state index in [0.717, 1.165) is 15.8 Å². The SMILES string of the molecule is N#CC1=Cc2cc(Br)ccc2OC1. The van der Waals surface area contributed by atoms with Gasteiger partial charge in [0.05, 0.1) is 11.6 Å².